The van der Waals surface area contributed by atoms with Crippen LogP contribution >= 0.6 is 0 Å². The van der Waals surface area contributed by atoms with Gasteiger partial charge in [-0.2, -0.15) is 10.2 Å². The van der Waals surface area contributed by atoms with Crippen LogP contribution in [0.4, 0.5) is 0 Å². The van der Waals surface area contributed by atoms with E-state index in [1.807, 2.05) is 59.2 Å². The first-order valence-electron chi connectivity index (χ1n) is 12.7. The van der Waals surface area contributed by atoms with E-state index in [1.54, 1.807) is 13.1 Å². The minimum atomic E-state index is -0.947. The number of nitrogens with zero attached hydrogens (tertiary/aromatic N) is 5. The normalized spacial score (nSPS) is 13.6. The second-order valence-electron chi connectivity index (χ2n) is 9.48. The number of pyridine rings is 1. The molecule has 0 radical (unpaired) electrons. The Labute approximate surface area is 219 Å². The molecule has 1 N–H and O–H groups in total. The predicted molar refractivity (Wildman–Crippen MR) is 144 cm³/mol. The zero-order valence-corrected chi connectivity index (χ0v) is 21.2. The van der Waals surface area contributed by atoms with Gasteiger partial charge in [-0.25, -0.2) is 9.20 Å². The average molecular weight is 512 g/mol. The Morgan fingerprint density at radius 1 is 0.974 bits per heavy atom. The second kappa shape index (κ2) is 10.8. The van der Waals surface area contributed by atoms with Crippen molar-refractivity contribution in [2.75, 3.05) is 13.6 Å². The molecule has 0 unspecified atom stereocenters. The van der Waals surface area contributed by atoms with E-state index < -0.39 is 5.97 Å². The van der Waals surface area contributed by atoms with Crippen molar-refractivity contribution in [1.82, 2.24) is 24.3 Å². The van der Waals surface area contributed by atoms with Crippen LogP contribution in [0, 0.1) is 0 Å². The molecule has 1 aliphatic rings. The number of carbonyl (C=O) groups excluding carboxylic acids is 1. The maximum atomic E-state index is 13.1. The topological polar surface area (TPSA) is 110 Å². The summed E-state index contributed by atoms with van der Waals surface area (Å²) >= 11 is 0. The van der Waals surface area contributed by atoms with Gasteiger partial charge in [-0.05, 0) is 49.5 Å². The first-order valence-corrected chi connectivity index (χ1v) is 12.7. The summed E-state index contributed by atoms with van der Waals surface area (Å²) in [6, 6.07) is 18.9. The molecule has 9 nitrogen and oxygen atoms in total. The number of aromatic nitrogens is 4. The number of carbonyl (C=O) groups is 2. The first kappa shape index (κ1) is 25.1. The van der Waals surface area contributed by atoms with Crippen LogP contribution < -0.4 is 5.56 Å². The fraction of sp³-hybridized carbons (Fsp3) is 0.276. The molecule has 0 bridgehead atoms. The summed E-state index contributed by atoms with van der Waals surface area (Å²) in [6.45, 7) is 0.140. The second-order valence-corrected chi connectivity index (χ2v) is 9.48. The minimum Gasteiger partial charge on any atom is -0.481 e. The van der Waals surface area contributed by atoms with Crippen LogP contribution in [0.2, 0.25) is 0 Å². The van der Waals surface area contributed by atoms with Crippen molar-refractivity contribution in [3.63, 3.8) is 0 Å². The third-order valence-corrected chi connectivity index (χ3v) is 6.90. The van der Waals surface area contributed by atoms with Gasteiger partial charge in [0, 0.05) is 43.5 Å². The van der Waals surface area contributed by atoms with Gasteiger partial charge in [0.2, 0.25) is 5.91 Å². The van der Waals surface area contributed by atoms with E-state index in [-0.39, 0.29) is 30.9 Å². The summed E-state index contributed by atoms with van der Waals surface area (Å²) in [5.74, 6) is -1.11. The maximum Gasteiger partial charge on any atom is 0.305 e. The lowest BCUT2D eigenvalue weighted by Crippen LogP contribution is -2.30. The van der Waals surface area contributed by atoms with E-state index in [0.29, 0.717) is 18.5 Å². The quantitative estimate of drug-likeness (QED) is 0.377. The average Bonchev–Trinajstić information content (AvgIpc) is 3.32. The molecule has 4 aromatic rings. The molecule has 0 atom stereocenters. The van der Waals surface area contributed by atoms with Crippen molar-refractivity contribution in [2.24, 2.45) is 0 Å². The van der Waals surface area contributed by atoms with Crippen LogP contribution in [0.25, 0.3) is 33.7 Å². The highest BCUT2D eigenvalue weighted by molar-refractivity contribution is 5.90. The Kier molecular flexibility index (Phi) is 7.17. The van der Waals surface area contributed by atoms with Crippen molar-refractivity contribution in [3.05, 3.63) is 82.8 Å². The minimum absolute atomic E-state index is 0.111. The smallest absolute Gasteiger partial charge is 0.305 e. The molecule has 1 amide bonds. The molecule has 38 heavy (non-hydrogen) atoms. The molecule has 1 aliphatic carbocycles. The molecular formula is C29H29N5O4. The summed E-state index contributed by atoms with van der Waals surface area (Å²) in [7, 11) is 1.61. The highest BCUT2D eigenvalue weighted by atomic mass is 16.4. The van der Waals surface area contributed by atoms with Gasteiger partial charge in [-0.15, -0.1) is 0 Å². The summed E-state index contributed by atoms with van der Waals surface area (Å²) < 4.78 is 3.25. The molecule has 194 valence electrons. The number of carboxylic acid groups (broad SMARTS) is 1. The fourth-order valence-electron chi connectivity index (χ4n) is 4.89. The maximum absolute atomic E-state index is 13.1. The van der Waals surface area contributed by atoms with Crippen molar-refractivity contribution >= 4 is 23.1 Å². The summed E-state index contributed by atoms with van der Waals surface area (Å²) in [4.78, 5) is 38.3. The van der Waals surface area contributed by atoms with Crippen LogP contribution in [-0.2, 0) is 9.59 Å². The van der Waals surface area contributed by atoms with Crippen molar-refractivity contribution in [3.8, 4) is 22.5 Å². The van der Waals surface area contributed by atoms with Gasteiger partial charge in [0.1, 0.15) is 5.69 Å². The lowest BCUT2D eigenvalue weighted by molar-refractivity contribution is -0.138. The zero-order valence-electron chi connectivity index (χ0n) is 21.2. The Bertz CT molecular complexity index is 1590. The number of carboxylic acids is 1. The van der Waals surface area contributed by atoms with Gasteiger partial charge in [0.05, 0.1) is 23.2 Å². The van der Waals surface area contributed by atoms with Crippen LogP contribution in [0.15, 0.2) is 77.2 Å². The third-order valence-electron chi connectivity index (χ3n) is 6.90. The largest absolute Gasteiger partial charge is 0.481 e. The Morgan fingerprint density at radius 3 is 2.53 bits per heavy atom. The summed E-state index contributed by atoms with van der Waals surface area (Å²) in [5, 5.41) is 18.6. The van der Waals surface area contributed by atoms with Gasteiger partial charge < -0.3 is 10.0 Å². The number of hydrogen-bond acceptors (Lipinski definition) is 5. The van der Waals surface area contributed by atoms with E-state index in [4.69, 9.17) is 15.3 Å². The molecule has 0 saturated carbocycles. The fourth-order valence-corrected chi connectivity index (χ4v) is 4.89. The molecule has 3 heterocycles. The van der Waals surface area contributed by atoms with Gasteiger partial charge >= 0.3 is 5.97 Å². The Morgan fingerprint density at radius 2 is 1.74 bits per heavy atom. The summed E-state index contributed by atoms with van der Waals surface area (Å²) in [6.07, 6.45) is 5.06. The van der Waals surface area contributed by atoms with Crippen LogP contribution in [0.1, 0.15) is 38.5 Å². The van der Waals surface area contributed by atoms with Crippen molar-refractivity contribution in [1.29, 1.82) is 0 Å². The Hall–Kier alpha value is -4.53. The molecule has 0 aliphatic heterocycles. The lowest BCUT2D eigenvalue weighted by Gasteiger charge is -2.23. The number of allylic oxidation sites excluding steroid dienone is 1. The van der Waals surface area contributed by atoms with Gasteiger partial charge in [-0.3, -0.25) is 14.4 Å². The van der Waals surface area contributed by atoms with Gasteiger partial charge in [-0.1, -0.05) is 36.4 Å². The molecule has 0 spiro atoms. The summed E-state index contributed by atoms with van der Waals surface area (Å²) in [5.41, 5.74) is 5.39. The molecule has 0 saturated heterocycles. The van der Waals surface area contributed by atoms with Gasteiger partial charge in [0.15, 0.2) is 0 Å². The molecule has 1 aromatic carbocycles. The van der Waals surface area contributed by atoms with E-state index in [1.165, 1.54) is 15.6 Å². The molecule has 3 aromatic heterocycles. The Balaban J connectivity index is 1.58. The number of amides is 1. The number of aliphatic carboxylic acids is 1. The van der Waals surface area contributed by atoms with E-state index >= 15 is 0 Å². The number of fused-ring (bicyclic) bond motifs is 1. The lowest BCUT2D eigenvalue weighted by atomic mass is 9.93. The molecule has 9 heteroatoms. The predicted octanol–water partition coefficient (Wildman–Crippen LogP) is 4.33. The number of benzene rings is 1. The highest BCUT2D eigenvalue weighted by Gasteiger charge is 2.23. The van der Waals surface area contributed by atoms with Crippen LogP contribution in [0.5, 0.6) is 0 Å². The monoisotopic (exact) mass is 511 g/mol. The van der Waals surface area contributed by atoms with Gasteiger partial charge in [0.25, 0.3) is 5.56 Å². The first-order chi connectivity index (χ1) is 18.4. The molecular weight excluding hydrogens is 482 g/mol. The third kappa shape index (κ3) is 5.13. The number of hydrogen-bond donors (Lipinski definition) is 1. The SMILES string of the molecule is CN(CCC(=O)O)C(=O)CC1=C(n2nc(-c3c(-c4ccccc4)nn4ccccc34)ccc2=O)CCCC1. The zero-order chi connectivity index (χ0) is 26.6. The van der Waals surface area contributed by atoms with Crippen LogP contribution in [0.3, 0.4) is 0 Å². The van der Waals surface area contributed by atoms with E-state index in [9.17, 15) is 14.4 Å². The van der Waals surface area contributed by atoms with E-state index in [0.717, 1.165) is 46.4 Å². The number of rotatable bonds is 8. The van der Waals surface area contributed by atoms with Crippen LogP contribution in [-0.4, -0.2) is 54.9 Å². The molecule has 5 rings (SSSR count). The highest BCUT2D eigenvalue weighted by Crippen LogP contribution is 2.35. The van der Waals surface area contributed by atoms with E-state index in [2.05, 4.69) is 0 Å². The van der Waals surface area contributed by atoms with Crippen molar-refractivity contribution in [2.45, 2.75) is 38.5 Å². The molecule has 0 fully saturated rings. The van der Waals surface area contributed by atoms with Crippen molar-refractivity contribution < 1.29 is 14.7 Å². The standard InChI is InChI=1S/C29H29N5O4/c1-32(18-16-27(37)38)26(36)19-21-11-5-6-12-23(21)34-25(35)15-14-22(30-34)28-24-13-7-8-17-33(24)31-29(28)20-9-3-2-4-10-20/h2-4,7-10,13-15,17H,5-6,11-12,16,18-19H2,1H3,(H,37,38).